The summed E-state index contributed by atoms with van der Waals surface area (Å²) in [4.78, 5) is 36.9. The molecule has 0 aliphatic carbocycles. The summed E-state index contributed by atoms with van der Waals surface area (Å²) in [7, 11) is 0. The van der Waals surface area contributed by atoms with E-state index in [1.807, 2.05) is 24.1 Å². The summed E-state index contributed by atoms with van der Waals surface area (Å²) in [6, 6.07) is 4.97. The molecule has 3 rings (SSSR count). The summed E-state index contributed by atoms with van der Waals surface area (Å²) >= 11 is 4.38. The molecule has 2 aliphatic heterocycles. The summed E-state index contributed by atoms with van der Waals surface area (Å²) in [6.07, 6.45) is 0.689. The third-order valence-electron chi connectivity index (χ3n) is 3.71. The van der Waals surface area contributed by atoms with Gasteiger partial charge in [0.25, 0.3) is 0 Å². The number of rotatable bonds is 1. The Hall–Kier alpha value is -2.04. The average molecular weight is 288 g/mol. The molecule has 1 unspecified atom stereocenters. The van der Waals surface area contributed by atoms with E-state index >= 15 is 0 Å². The molecule has 102 valence electrons. The molecule has 2 heterocycles. The van der Waals surface area contributed by atoms with Crippen LogP contribution in [0.25, 0.3) is 5.70 Å². The number of hydrogen-bond acceptors (Lipinski definition) is 5. The quantitative estimate of drug-likeness (QED) is 0.455. The minimum absolute atomic E-state index is 0.269. The molecule has 1 aromatic carbocycles. The first-order valence-corrected chi connectivity index (χ1v) is 6.73. The third kappa shape index (κ3) is 1.94. The third-order valence-corrected chi connectivity index (χ3v) is 4.12. The van der Waals surface area contributed by atoms with E-state index in [4.69, 9.17) is 0 Å². The maximum absolute atomic E-state index is 12.0. The molecule has 20 heavy (non-hydrogen) atoms. The molecule has 6 heteroatoms. The zero-order valence-corrected chi connectivity index (χ0v) is 11.4. The molecule has 0 saturated carbocycles. The van der Waals surface area contributed by atoms with Crippen LogP contribution in [0.5, 0.6) is 0 Å². The molecule has 0 bridgehead atoms. The van der Waals surface area contributed by atoms with Gasteiger partial charge in [0.2, 0.25) is 11.8 Å². The molecule has 1 saturated heterocycles. The number of piperidine rings is 1. The van der Waals surface area contributed by atoms with E-state index in [0.717, 1.165) is 16.0 Å². The SMILES string of the molecule is O=C=C1c2cccc(S)c2CN1C1CCC(=O)NC1=O. The number of imide groups is 1. The fourth-order valence-corrected chi connectivity index (χ4v) is 3.00. The Morgan fingerprint density at radius 1 is 1.35 bits per heavy atom. The van der Waals surface area contributed by atoms with Crippen LogP contribution in [-0.2, 0) is 20.9 Å². The fraction of sp³-hybridized carbons (Fsp3) is 0.286. The Labute approximate surface area is 121 Å². The van der Waals surface area contributed by atoms with Crippen molar-refractivity contribution in [1.82, 2.24) is 10.2 Å². The fourth-order valence-electron chi connectivity index (χ4n) is 2.73. The highest BCUT2D eigenvalue weighted by atomic mass is 32.1. The molecule has 5 nitrogen and oxygen atoms in total. The van der Waals surface area contributed by atoms with Gasteiger partial charge in [0.15, 0.2) is 5.94 Å². The minimum Gasteiger partial charge on any atom is -0.346 e. The van der Waals surface area contributed by atoms with Crippen LogP contribution in [0, 0.1) is 0 Å². The van der Waals surface area contributed by atoms with Crippen molar-refractivity contribution >= 4 is 36.1 Å². The lowest BCUT2D eigenvalue weighted by molar-refractivity contribution is -0.136. The zero-order valence-electron chi connectivity index (χ0n) is 10.5. The Balaban J connectivity index is 1.98. The highest BCUT2D eigenvalue weighted by Gasteiger charge is 2.38. The van der Waals surface area contributed by atoms with Crippen molar-refractivity contribution < 1.29 is 14.4 Å². The van der Waals surface area contributed by atoms with Gasteiger partial charge in [0.1, 0.15) is 11.7 Å². The smallest absolute Gasteiger partial charge is 0.249 e. The molecule has 2 amide bonds. The van der Waals surface area contributed by atoms with Crippen molar-refractivity contribution in [2.45, 2.75) is 30.3 Å². The van der Waals surface area contributed by atoms with Gasteiger partial charge in [0, 0.05) is 23.4 Å². The first kappa shape index (κ1) is 13.0. The van der Waals surface area contributed by atoms with Crippen LogP contribution in [0.15, 0.2) is 23.1 Å². The molecule has 1 N–H and O–H groups in total. The number of carbonyl (C=O) groups excluding carboxylic acids is 3. The average Bonchev–Trinajstić information content (AvgIpc) is 2.78. The van der Waals surface area contributed by atoms with E-state index in [2.05, 4.69) is 17.9 Å². The van der Waals surface area contributed by atoms with Gasteiger partial charge in [-0.1, -0.05) is 12.1 Å². The van der Waals surface area contributed by atoms with Crippen LogP contribution in [0.1, 0.15) is 24.0 Å². The van der Waals surface area contributed by atoms with Gasteiger partial charge in [-0.3, -0.25) is 14.9 Å². The van der Waals surface area contributed by atoms with Gasteiger partial charge in [-0.15, -0.1) is 12.6 Å². The van der Waals surface area contributed by atoms with Crippen LogP contribution >= 0.6 is 12.6 Å². The lowest BCUT2D eigenvalue weighted by atomic mass is 10.0. The summed E-state index contributed by atoms with van der Waals surface area (Å²) in [5.41, 5.74) is 2.04. The van der Waals surface area contributed by atoms with Crippen molar-refractivity contribution in [3.63, 3.8) is 0 Å². The Morgan fingerprint density at radius 3 is 2.85 bits per heavy atom. The van der Waals surface area contributed by atoms with E-state index in [1.54, 1.807) is 4.90 Å². The Kier molecular flexibility index (Phi) is 3.12. The molecule has 1 aromatic rings. The van der Waals surface area contributed by atoms with Gasteiger partial charge in [-0.2, -0.15) is 0 Å². The van der Waals surface area contributed by atoms with Crippen molar-refractivity contribution in [2.75, 3.05) is 0 Å². The number of nitrogens with zero attached hydrogens (tertiary/aromatic N) is 1. The van der Waals surface area contributed by atoms with Crippen LogP contribution in [0.3, 0.4) is 0 Å². The second-order valence-corrected chi connectivity index (χ2v) is 5.33. The van der Waals surface area contributed by atoms with Gasteiger partial charge in [-0.05, 0) is 18.1 Å². The topological polar surface area (TPSA) is 66.5 Å². The van der Waals surface area contributed by atoms with Crippen LogP contribution in [0.2, 0.25) is 0 Å². The largest absolute Gasteiger partial charge is 0.346 e. The standard InChI is InChI=1S/C14H12N2O3S/c17-7-11-8-2-1-3-12(20)9(8)6-16(11)10-4-5-13(18)15-14(10)19/h1-3,10,20H,4-6H2,(H,15,18,19). The molecule has 2 aliphatic rings. The molecular formula is C14H12N2O3S. The number of fused-ring (bicyclic) bond motifs is 1. The number of benzene rings is 1. The number of amides is 2. The monoisotopic (exact) mass is 288 g/mol. The summed E-state index contributed by atoms with van der Waals surface area (Å²) in [6.45, 7) is 0.436. The van der Waals surface area contributed by atoms with Crippen molar-refractivity contribution in [1.29, 1.82) is 0 Å². The maximum Gasteiger partial charge on any atom is 0.249 e. The van der Waals surface area contributed by atoms with Crippen molar-refractivity contribution in [2.24, 2.45) is 0 Å². The normalized spacial score (nSPS) is 21.6. The lowest BCUT2D eigenvalue weighted by Crippen LogP contribution is -2.50. The van der Waals surface area contributed by atoms with Crippen molar-refractivity contribution in [3.05, 3.63) is 29.3 Å². The van der Waals surface area contributed by atoms with Gasteiger partial charge in [0.05, 0.1) is 0 Å². The number of hydrogen-bond donors (Lipinski definition) is 2. The molecular weight excluding hydrogens is 276 g/mol. The predicted octanol–water partition coefficient (Wildman–Crippen LogP) is 0.769. The highest BCUT2D eigenvalue weighted by Crippen LogP contribution is 2.37. The summed E-state index contributed by atoms with van der Waals surface area (Å²) in [5, 5.41) is 2.31. The number of carbonyl (C=O) groups is 2. The molecule has 0 aromatic heterocycles. The van der Waals surface area contributed by atoms with E-state index in [1.165, 1.54) is 0 Å². The molecule has 1 fully saturated rings. The molecule has 0 spiro atoms. The first-order chi connectivity index (χ1) is 9.61. The van der Waals surface area contributed by atoms with Gasteiger partial charge in [-0.25, -0.2) is 4.79 Å². The number of nitrogens with one attached hydrogen (secondary N) is 1. The predicted molar refractivity (Wildman–Crippen MR) is 74.5 cm³/mol. The second kappa shape index (κ2) is 4.81. The van der Waals surface area contributed by atoms with E-state index < -0.39 is 6.04 Å². The first-order valence-electron chi connectivity index (χ1n) is 6.28. The van der Waals surface area contributed by atoms with Gasteiger partial charge < -0.3 is 4.90 Å². The van der Waals surface area contributed by atoms with Crippen LogP contribution < -0.4 is 5.32 Å². The van der Waals surface area contributed by atoms with E-state index in [0.29, 0.717) is 18.7 Å². The van der Waals surface area contributed by atoms with E-state index in [-0.39, 0.29) is 18.2 Å². The summed E-state index contributed by atoms with van der Waals surface area (Å²) in [5.74, 6) is 1.29. The van der Waals surface area contributed by atoms with Gasteiger partial charge >= 0.3 is 0 Å². The van der Waals surface area contributed by atoms with Crippen LogP contribution in [-0.4, -0.2) is 28.7 Å². The van der Waals surface area contributed by atoms with Crippen molar-refractivity contribution in [3.8, 4) is 0 Å². The maximum atomic E-state index is 12.0. The Morgan fingerprint density at radius 2 is 2.15 bits per heavy atom. The van der Waals surface area contributed by atoms with E-state index in [9.17, 15) is 14.4 Å². The summed E-state index contributed by atoms with van der Waals surface area (Å²) < 4.78 is 0. The Bertz CT molecular complexity index is 664. The highest BCUT2D eigenvalue weighted by molar-refractivity contribution is 7.80. The lowest BCUT2D eigenvalue weighted by Gasteiger charge is -2.30. The molecule has 1 atom stereocenters. The minimum atomic E-state index is -0.510. The van der Waals surface area contributed by atoms with Crippen LogP contribution in [0.4, 0.5) is 0 Å². The zero-order chi connectivity index (χ0) is 14.3. The number of thiol groups is 1. The molecule has 0 radical (unpaired) electrons. The second-order valence-electron chi connectivity index (χ2n) is 4.85.